The summed E-state index contributed by atoms with van der Waals surface area (Å²) in [5.41, 5.74) is 3.27. The van der Waals surface area contributed by atoms with Gasteiger partial charge in [0.05, 0.1) is 4.47 Å². The molecule has 0 aliphatic rings. The molecule has 150 valence electrons. The van der Waals surface area contributed by atoms with E-state index in [9.17, 15) is 10.1 Å². The Labute approximate surface area is 188 Å². The summed E-state index contributed by atoms with van der Waals surface area (Å²) in [5, 5.41) is 12.9. The fourth-order valence-corrected chi connectivity index (χ4v) is 3.45. The van der Waals surface area contributed by atoms with E-state index in [0.29, 0.717) is 28.6 Å². The Hall–Kier alpha value is -3.07. The van der Waals surface area contributed by atoms with Crippen LogP contribution in [0.15, 0.2) is 76.8 Å². The molecular formula is C24H18BrClN2O2. The summed E-state index contributed by atoms with van der Waals surface area (Å²) in [6, 6.07) is 22.2. The average molecular weight is 482 g/mol. The maximum absolute atomic E-state index is 12.5. The third-order valence-electron chi connectivity index (χ3n) is 4.31. The van der Waals surface area contributed by atoms with Crippen molar-refractivity contribution >= 4 is 45.2 Å². The van der Waals surface area contributed by atoms with Gasteiger partial charge in [0.1, 0.15) is 24.0 Å². The van der Waals surface area contributed by atoms with Crippen molar-refractivity contribution in [2.45, 2.75) is 13.5 Å². The van der Waals surface area contributed by atoms with E-state index in [1.165, 1.54) is 0 Å². The second-order valence-corrected chi connectivity index (χ2v) is 7.84. The minimum absolute atomic E-state index is 0.0118. The van der Waals surface area contributed by atoms with Gasteiger partial charge < -0.3 is 10.1 Å². The highest BCUT2D eigenvalue weighted by Gasteiger charge is 2.11. The van der Waals surface area contributed by atoms with Crippen molar-refractivity contribution in [1.82, 2.24) is 0 Å². The van der Waals surface area contributed by atoms with Crippen LogP contribution in [0.25, 0.3) is 6.08 Å². The number of benzene rings is 3. The van der Waals surface area contributed by atoms with E-state index in [1.54, 1.807) is 30.3 Å². The fourth-order valence-electron chi connectivity index (χ4n) is 2.73. The topological polar surface area (TPSA) is 62.1 Å². The van der Waals surface area contributed by atoms with Gasteiger partial charge in [-0.25, -0.2) is 0 Å². The van der Waals surface area contributed by atoms with Crippen LogP contribution < -0.4 is 10.1 Å². The molecule has 0 aromatic heterocycles. The number of nitriles is 1. The summed E-state index contributed by atoms with van der Waals surface area (Å²) in [7, 11) is 0. The van der Waals surface area contributed by atoms with E-state index < -0.39 is 5.91 Å². The van der Waals surface area contributed by atoms with Crippen LogP contribution in [0.3, 0.4) is 0 Å². The lowest BCUT2D eigenvalue weighted by Gasteiger charge is -2.10. The molecule has 0 saturated carbocycles. The van der Waals surface area contributed by atoms with Crippen molar-refractivity contribution in [1.29, 1.82) is 5.26 Å². The van der Waals surface area contributed by atoms with E-state index >= 15 is 0 Å². The molecule has 0 spiro atoms. The molecule has 0 radical (unpaired) electrons. The van der Waals surface area contributed by atoms with Crippen molar-refractivity contribution in [2.24, 2.45) is 0 Å². The van der Waals surface area contributed by atoms with Gasteiger partial charge in [-0.05, 0) is 76.0 Å². The van der Waals surface area contributed by atoms with Crippen molar-refractivity contribution < 1.29 is 9.53 Å². The number of rotatable bonds is 6. The van der Waals surface area contributed by atoms with Crippen molar-refractivity contribution in [3.8, 4) is 11.8 Å². The average Bonchev–Trinajstić information content (AvgIpc) is 2.73. The molecule has 3 rings (SSSR count). The van der Waals surface area contributed by atoms with Gasteiger partial charge in [-0.15, -0.1) is 0 Å². The van der Waals surface area contributed by atoms with Crippen LogP contribution in [-0.4, -0.2) is 5.91 Å². The van der Waals surface area contributed by atoms with Crippen molar-refractivity contribution in [2.75, 3.05) is 5.32 Å². The maximum Gasteiger partial charge on any atom is 0.266 e. The normalized spacial score (nSPS) is 10.9. The third kappa shape index (κ3) is 5.73. The number of nitrogens with zero attached hydrogens (tertiary/aromatic N) is 1. The van der Waals surface area contributed by atoms with Crippen LogP contribution in [0.2, 0.25) is 5.02 Å². The molecule has 30 heavy (non-hydrogen) atoms. The van der Waals surface area contributed by atoms with Gasteiger partial charge in [-0.3, -0.25) is 4.79 Å². The molecule has 1 N–H and O–H groups in total. The third-order valence-corrected chi connectivity index (χ3v) is 5.16. The Balaban J connectivity index is 1.72. The van der Waals surface area contributed by atoms with E-state index in [-0.39, 0.29) is 5.57 Å². The van der Waals surface area contributed by atoms with E-state index in [0.717, 1.165) is 15.6 Å². The minimum atomic E-state index is -0.454. The summed E-state index contributed by atoms with van der Waals surface area (Å²) >= 11 is 9.48. The van der Waals surface area contributed by atoms with Gasteiger partial charge in [-0.1, -0.05) is 48.0 Å². The Bertz CT molecular complexity index is 1150. The number of carbonyl (C=O) groups excluding carboxylic acids is 1. The van der Waals surface area contributed by atoms with Crippen LogP contribution in [0, 0.1) is 18.3 Å². The smallest absolute Gasteiger partial charge is 0.266 e. The second kappa shape index (κ2) is 10.1. The first-order chi connectivity index (χ1) is 14.5. The molecule has 0 fully saturated rings. The number of nitrogens with one attached hydrogen (secondary N) is 1. The predicted octanol–water partition coefficient (Wildman–Crippen LogP) is 6.54. The first-order valence-corrected chi connectivity index (χ1v) is 10.3. The highest BCUT2D eigenvalue weighted by Crippen LogP contribution is 2.28. The quantitative estimate of drug-likeness (QED) is 0.321. The van der Waals surface area contributed by atoms with Crippen LogP contribution >= 0.6 is 27.5 Å². The summed E-state index contributed by atoms with van der Waals surface area (Å²) in [6.45, 7) is 2.27. The molecule has 3 aromatic carbocycles. The molecule has 0 atom stereocenters. The number of para-hydroxylation sites is 1. The molecule has 3 aromatic rings. The first-order valence-electron chi connectivity index (χ1n) is 9.12. The van der Waals surface area contributed by atoms with E-state index in [2.05, 4.69) is 21.2 Å². The monoisotopic (exact) mass is 480 g/mol. The molecule has 6 heteroatoms. The van der Waals surface area contributed by atoms with Gasteiger partial charge in [0.25, 0.3) is 5.91 Å². The van der Waals surface area contributed by atoms with Gasteiger partial charge in [0.2, 0.25) is 0 Å². The Morgan fingerprint density at radius 1 is 1.17 bits per heavy atom. The Morgan fingerprint density at radius 3 is 2.67 bits per heavy atom. The SMILES string of the molecule is Cc1ccccc1NC(=O)/C(C#N)=C/c1ccc(OCc2cccc(Cl)c2)c(Br)c1. The predicted molar refractivity (Wildman–Crippen MR) is 123 cm³/mol. The molecule has 4 nitrogen and oxygen atoms in total. The van der Waals surface area contributed by atoms with E-state index in [1.807, 2.05) is 55.5 Å². The highest BCUT2D eigenvalue weighted by atomic mass is 79.9. The van der Waals surface area contributed by atoms with Crippen LogP contribution in [0.1, 0.15) is 16.7 Å². The highest BCUT2D eigenvalue weighted by molar-refractivity contribution is 9.10. The second-order valence-electron chi connectivity index (χ2n) is 6.55. The number of aryl methyl sites for hydroxylation is 1. The zero-order valence-corrected chi connectivity index (χ0v) is 18.5. The molecule has 0 bridgehead atoms. The first kappa shape index (κ1) is 21.6. The molecule has 0 saturated heterocycles. The molecule has 0 aliphatic heterocycles. The molecule has 1 amide bonds. The van der Waals surface area contributed by atoms with Crippen molar-refractivity contribution in [3.63, 3.8) is 0 Å². The number of halogens is 2. The molecule has 0 heterocycles. The summed E-state index contributed by atoms with van der Waals surface area (Å²) in [5.74, 6) is 0.194. The van der Waals surface area contributed by atoms with Crippen LogP contribution in [-0.2, 0) is 11.4 Å². The minimum Gasteiger partial charge on any atom is -0.488 e. The van der Waals surface area contributed by atoms with Crippen molar-refractivity contribution in [3.05, 3.63) is 98.5 Å². The zero-order chi connectivity index (χ0) is 21.5. The standard InChI is InChI=1S/C24H18BrClN2O2/c1-16-5-2-3-8-22(16)28-24(29)19(14-27)11-17-9-10-23(21(25)13-17)30-15-18-6-4-7-20(26)12-18/h2-13H,15H2,1H3,(H,28,29)/b19-11+. The lowest BCUT2D eigenvalue weighted by Crippen LogP contribution is -2.14. The number of amides is 1. The number of ether oxygens (including phenoxy) is 1. The largest absolute Gasteiger partial charge is 0.488 e. The lowest BCUT2D eigenvalue weighted by atomic mass is 10.1. The van der Waals surface area contributed by atoms with Crippen LogP contribution in [0.5, 0.6) is 5.75 Å². The summed E-state index contributed by atoms with van der Waals surface area (Å²) in [4.78, 5) is 12.5. The summed E-state index contributed by atoms with van der Waals surface area (Å²) < 4.78 is 6.55. The number of anilines is 1. The summed E-state index contributed by atoms with van der Waals surface area (Å²) in [6.07, 6.45) is 1.54. The van der Waals surface area contributed by atoms with Crippen LogP contribution in [0.4, 0.5) is 5.69 Å². The van der Waals surface area contributed by atoms with Gasteiger partial charge in [-0.2, -0.15) is 5.26 Å². The molecule has 0 aliphatic carbocycles. The van der Waals surface area contributed by atoms with Gasteiger partial charge in [0, 0.05) is 10.7 Å². The number of hydrogen-bond donors (Lipinski definition) is 1. The van der Waals surface area contributed by atoms with Gasteiger partial charge in [0.15, 0.2) is 0 Å². The van der Waals surface area contributed by atoms with E-state index in [4.69, 9.17) is 16.3 Å². The number of hydrogen-bond acceptors (Lipinski definition) is 3. The Morgan fingerprint density at radius 2 is 1.97 bits per heavy atom. The lowest BCUT2D eigenvalue weighted by molar-refractivity contribution is -0.112. The number of carbonyl (C=O) groups is 1. The molecule has 0 unspecified atom stereocenters. The maximum atomic E-state index is 12.5. The Kier molecular flexibility index (Phi) is 7.29. The van der Waals surface area contributed by atoms with Gasteiger partial charge >= 0.3 is 0 Å². The zero-order valence-electron chi connectivity index (χ0n) is 16.2. The molecular weight excluding hydrogens is 464 g/mol. The fraction of sp³-hybridized carbons (Fsp3) is 0.0833.